The SMILES string of the molecule is Cc1ccc(COc2cc(F)ccc2Cl)c(NC(=O)N2CCOCC2)n1. The van der Waals surface area contributed by atoms with Crippen LogP contribution in [0.4, 0.5) is 15.0 Å². The lowest BCUT2D eigenvalue weighted by Gasteiger charge is -2.27. The smallest absolute Gasteiger partial charge is 0.323 e. The predicted molar refractivity (Wildman–Crippen MR) is 96.1 cm³/mol. The fraction of sp³-hybridized carbons (Fsp3) is 0.333. The monoisotopic (exact) mass is 379 g/mol. The molecule has 1 aromatic heterocycles. The molecule has 0 aliphatic carbocycles. The normalized spacial score (nSPS) is 14.2. The van der Waals surface area contributed by atoms with Crippen LogP contribution in [-0.4, -0.2) is 42.2 Å². The number of carbonyl (C=O) groups is 1. The van der Waals surface area contributed by atoms with E-state index in [1.165, 1.54) is 18.2 Å². The van der Waals surface area contributed by atoms with Crippen molar-refractivity contribution in [2.45, 2.75) is 13.5 Å². The van der Waals surface area contributed by atoms with Gasteiger partial charge in [0.2, 0.25) is 0 Å². The third-order valence-corrected chi connectivity index (χ3v) is 4.23. The number of nitrogens with zero attached hydrogens (tertiary/aromatic N) is 2. The number of morpholine rings is 1. The standard InChI is InChI=1S/C18H19ClFN3O3/c1-12-2-3-13(11-26-16-10-14(20)4-5-15(16)19)17(21-12)22-18(24)23-6-8-25-9-7-23/h2-5,10H,6-9,11H2,1H3,(H,21,22,24). The molecule has 0 unspecified atom stereocenters. The number of urea groups is 1. The van der Waals surface area contributed by atoms with Crippen LogP contribution in [-0.2, 0) is 11.3 Å². The molecule has 2 heterocycles. The zero-order chi connectivity index (χ0) is 18.5. The Morgan fingerprint density at radius 2 is 2.12 bits per heavy atom. The first-order chi connectivity index (χ1) is 12.5. The molecule has 0 radical (unpaired) electrons. The van der Waals surface area contributed by atoms with E-state index in [0.717, 1.165) is 5.69 Å². The molecule has 3 rings (SSSR count). The Kier molecular flexibility index (Phi) is 5.90. The zero-order valence-corrected chi connectivity index (χ0v) is 15.1. The summed E-state index contributed by atoms with van der Waals surface area (Å²) < 4.78 is 24.2. The van der Waals surface area contributed by atoms with Crippen LogP contribution in [0.25, 0.3) is 0 Å². The second-order valence-corrected chi connectivity index (χ2v) is 6.26. The van der Waals surface area contributed by atoms with E-state index in [4.69, 9.17) is 21.1 Å². The molecule has 1 aromatic carbocycles. The zero-order valence-electron chi connectivity index (χ0n) is 14.3. The molecule has 0 bridgehead atoms. The average Bonchev–Trinajstić information content (AvgIpc) is 2.64. The van der Waals surface area contributed by atoms with E-state index in [0.29, 0.717) is 42.7 Å². The topological polar surface area (TPSA) is 63.7 Å². The van der Waals surface area contributed by atoms with Crippen LogP contribution in [0.5, 0.6) is 5.75 Å². The minimum atomic E-state index is -0.438. The Balaban J connectivity index is 1.73. The lowest BCUT2D eigenvalue weighted by molar-refractivity contribution is 0.0564. The highest BCUT2D eigenvalue weighted by atomic mass is 35.5. The van der Waals surface area contributed by atoms with Crippen LogP contribution in [0.15, 0.2) is 30.3 Å². The molecule has 2 aromatic rings. The molecule has 1 fully saturated rings. The molecular formula is C18H19ClFN3O3. The maximum Gasteiger partial charge on any atom is 0.323 e. The summed E-state index contributed by atoms with van der Waals surface area (Å²) in [5, 5.41) is 3.13. The molecule has 0 saturated carbocycles. The molecule has 8 heteroatoms. The number of rotatable bonds is 4. The van der Waals surface area contributed by atoms with Gasteiger partial charge >= 0.3 is 6.03 Å². The Hall–Kier alpha value is -2.38. The summed E-state index contributed by atoms with van der Waals surface area (Å²) in [6, 6.07) is 7.30. The number of aromatic nitrogens is 1. The van der Waals surface area contributed by atoms with E-state index in [1.807, 2.05) is 19.1 Å². The van der Waals surface area contributed by atoms with Gasteiger partial charge in [0, 0.05) is 30.4 Å². The summed E-state index contributed by atoms with van der Waals surface area (Å²) in [6.45, 7) is 4.02. The Bertz CT molecular complexity index is 797. The second kappa shape index (κ2) is 8.33. The molecule has 138 valence electrons. The molecular weight excluding hydrogens is 361 g/mol. The summed E-state index contributed by atoms with van der Waals surface area (Å²) in [5.41, 5.74) is 1.42. The lowest BCUT2D eigenvalue weighted by atomic mass is 10.2. The number of benzene rings is 1. The summed E-state index contributed by atoms with van der Waals surface area (Å²) in [5.74, 6) is 0.207. The van der Waals surface area contributed by atoms with Gasteiger partial charge in [0.25, 0.3) is 0 Å². The summed E-state index contributed by atoms with van der Waals surface area (Å²) in [4.78, 5) is 18.5. The van der Waals surface area contributed by atoms with Crippen molar-refractivity contribution in [1.82, 2.24) is 9.88 Å². The van der Waals surface area contributed by atoms with Gasteiger partial charge in [0.1, 0.15) is 24.0 Å². The van der Waals surface area contributed by atoms with Gasteiger partial charge in [-0.3, -0.25) is 5.32 Å². The van der Waals surface area contributed by atoms with E-state index < -0.39 is 5.82 Å². The minimum Gasteiger partial charge on any atom is -0.487 e. The van der Waals surface area contributed by atoms with E-state index >= 15 is 0 Å². The number of nitrogens with one attached hydrogen (secondary N) is 1. The third-order valence-electron chi connectivity index (χ3n) is 3.92. The van der Waals surface area contributed by atoms with Crippen molar-refractivity contribution in [2.75, 3.05) is 31.6 Å². The van der Waals surface area contributed by atoms with Crippen LogP contribution in [0, 0.1) is 12.7 Å². The largest absolute Gasteiger partial charge is 0.487 e. The molecule has 1 aliphatic rings. The van der Waals surface area contributed by atoms with Gasteiger partial charge < -0.3 is 14.4 Å². The van der Waals surface area contributed by atoms with Crippen molar-refractivity contribution in [3.8, 4) is 5.75 Å². The van der Waals surface area contributed by atoms with Crippen LogP contribution in [0.2, 0.25) is 5.02 Å². The van der Waals surface area contributed by atoms with E-state index in [-0.39, 0.29) is 18.4 Å². The van der Waals surface area contributed by atoms with Gasteiger partial charge in [-0.15, -0.1) is 0 Å². The Morgan fingerprint density at radius 1 is 1.35 bits per heavy atom. The highest BCUT2D eigenvalue weighted by molar-refractivity contribution is 6.32. The molecule has 6 nitrogen and oxygen atoms in total. The van der Waals surface area contributed by atoms with E-state index in [9.17, 15) is 9.18 Å². The summed E-state index contributed by atoms with van der Waals surface area (Å²) in [7, 11) is 0. The number of pyridine rings is 1. The molecule has 1 N–H and O–H groups in total. The second-order valence-electron chi connectivity index (χ2n) is 5.85. The lowest BCUT2D eigenvalue weighted by Crippen LogP contribution is -2.43. The van der Waals surface area contributed by atoms with Gasteiger partial charge in [0.15, 0.2) is 0 Å². The van der Waals surface area contributed by atoms with Gasteiger partial charge in [-0.2, -0.15) is 0 Å². The summed E-state index contributed by atoms with van der Waals surface area (Å²) in [6.07, 6.45) is 0. The van der Waals surface area contributed by atoms with Crippen molar-refractivity contribution in [3.63, 3.8) is 0 Å². The van der Waals surface area contributed by atoms with Gasteiger partial charge in [0.05, 0.1) is 18.2 Å². The fourth-order valence-corrected chi connectivity index (χ4v) is 2.67. The molecule has 26 heavy (non-hydrogen) atoms. The number of anilines is 1. The first-order valence-corrected chi connectivity index (χ1v) is 8.59. The highest BCUT2D eigenvalue weighted by Crippen LogP contribution is 2.26. The maximum absolute atomic E-state index is 13.4. The van der Waals surface area contributed by atoms with Crippen LogP contribution >= 0.6 is 11.6 Å². The van der Waals surface area contributed by atoms with Crippen molar-refractivity contribution in [3.05, 3.63) is 52.4 Å². The van der Waals surface area contributed by atoms with Crippen LogP contribution in [0.1, 0.15) is 11.3 Å². The Labute approximate surface area is 155 Å². The van der Waals surface area contributed by atoms with Gasteiger partial charge in [-0.05, 0) is 25.1 Å². The molecule has 0 atom stereocenters. The Morgan fingerprint density at radius 3 is 2.88 bits per heavy atom. The minimum absolute atomic E-state index is 0.0924. The molecule has 1 aliphatic heterocycles. The van der Waals surface area contributed by atoms with Gasteiger partial charge in [-0.1, -0.05) is 17.7 Å². The van der Waals surface area contributed by atoms with Crippen LogP contribution in [0.3, 0.4) is 0 Å². The number of ether oxygens (including phenoxy) is 2. The molecule has 2 amide bonds. The van der Waals surface area contributed by atoms with Crippen molar-refractivity contribution >= 4 is 23.4 Å². The number of aryl methyl sites for hydroxylation is 1. The average molecular weight is 380 g/mol. The molecule has 1 saturated heterocycles. The highest BCUT2D eigenvalue weighted by Gasteiger charge is 2.19. The third kappa shape index (κ3) is 4.62. The number of amides is 2. The first kappa shape index (κ1) is 18.4. The number of halogens is 2. The van der Waals surface area contributed by atoms with Crippen molar-refractivity contribution in [2.24, 2.45) is 0 Å². The first-order valence-electron chi connectivity index (χ1n) is 8.21. The van der Waals surface area contributed by atoms with E-state index in [1.54, 1.807) is 4.90 Å². The summed E-state index contributed by atoms with van der Waals surface area (Å²) >= 11 is 6.02. The van der Waals surface area contributed by atoms with Gasteiger partial charge in [-0.25, -0.2) is 14.2 Å². The molecule has 0 spiro atoms. The maximum atomic E-state index is 13.4. The van der Waals surface area contributed by atoms with Crippen molar-refractivity contribution in [1.29, 1.82) is 0 Å². The quantitative estimate of drug-likeness (QED) is 0.881. The predicted octanol–water partition coefficient (Wildman–Crippen LogP) is 3.63. The number of hydrogen-bond donors (Lipinski definition) is 1. The number of carbonyl (C=O) groups excluding carboxylic acids is 1. The van der Waals surface area contributed by atoms with E-state index in [2.05, 4.69) is 10.3 Å². The number of hydrogen-bond acceptors (Lipinski definition) is 4. The van der Waals surface area contributed by atoms with Crippen LogP contribution < -0.4 is 10.1 Å². The fourth-order valence-electron chi connectivity index (χ4n) is 2.50. The van der Waals surface area contributed by atoms with Crippen molar-refractivity contribution < 1.29 is 18.7 Å².